The molecule has 1 heterocycles. The number of amides is 1. The monoisotopic (exact) mass is 260 g/mol. The molecular formula is C14H17N3O2. The zero-order valence-corrected chi connectivity index (χ0v) is 11.2. The van der Waals surface area contributed by atoms with Crippen molar-refractivity contribution < 1.29 is 6.17 Å². The van der Waals surface area contributed by atoms with Crippen molar-refractivity contribution in [2.45, 2.75) is 27.7 Å². The largest absolute Gasteiger partial charge is 0.280 e. The number of aromatic nitrogens is 2. The Kier molecular flexibility index (Phi) is 2.81. The number of para-hydroxylation sites is 1. The van der Waals surface area contributed by atoms with Crippen LogP contribution in [-0.2, 0) is 4.79 Å². The van der Waals surface area contributed by atoms with Crippen molar-refractivity contribution in [3.05, 3.63) is 40.4 Å². The van der Waals surface area contributed by atoms with Gasteiger partial charge in [0.15, 0.2) is 0 Å². The molecule has 0 radical (unpaired) electrons. The van der Waals surface area contributed by atoms with E-state index in [9.17, 15) is 9.59 Å². The van der Waals surface area contributed by atoms with Crippen molar-refractivity contribution in [2.75, 3.05) is 5.43 Å². The first kappa shape index (κ1) is 11.9. The summed E-state index contributed by atoms with van der Waals surface area (Å²) in [6.45, 7) is 5.07. The smallest absolute Gasteiger partial charge is 0.273 e. The third-order valence-electron chi connectivity index (χ3n) is 2.74. The van der Waals surface area contributed by atoms with Gasteiger partial charge < -0.3 is 0 Å². The van der Waals surface area contributed by atoms with Gasteiger partial charge in [-0.3, -0.25) is 15.0 Å². The Balaban J connectivity index is 2.60. The van der Waals surface area contributed by atoms with Gasteiger partial charge in [0, 0.05) is 6.79 Å². The summed E-state index contributed by atoms with van der Waals surface area (Å²) in [5, 5.41) is 0.416. The second-order valence-electron chi connectivity index (χ2n) is 5.38. The second-order valence-corrected chi connectivity index (χ2v) is 5.38. The first-order valence-corrected chi connectivity index (χ1v) is 5.96. The van der Waals surface area contributed by atoms with Crippen LogP contribution in [0.15, 0.2) is 29.1 Å². The van der Waals surface area contributed by atoms with E-state index in [0.29, 0.717) is 10.9 Å². The standard InChI is InChI=1S/C14H17N3O2/c1-9-15-11-8-6-5-7-10(11)12(18)17(9)16-13(19)14(2,3)4/h5-8H,1-4H3,(H,16,19)/i1D. The summed E-state index contributed by atoms with van der Waals surface area (Å²) in [6, 6.07) is 6.88. The molecule has 0 aliphatic carbocycles. The first-order chi connectivity index (χ1) is 9.34. The van der Waals surface area contributed by atoms with E-state index >= 15 is 0 Å². The number of aryl methyl sites for hydroxylation is 1. The number of carbonyl (C=O) groups excluding carboxylic acids is 1. The molecule has 2 aromatic rings. The highest BCUT2D eigenvalue weighted by atomic mass is 16.2. The highest BCUT2D eigenvalue weighted by Gasteiger charge is 2.22. The van der Waals surface area contributed by atoms with Gasteiger partial charge >= 0.3 is 0 Å². The number of nitrogens with one attached hydrogen (secondary N) is 1. The van der Waals surface area contributed by atoms with Gasteiger partial charge in [0.2, 0.25) is 5.91 Å². The first-order valence-electron chi connectivity index (χ1n) is 6.66. The maximum atomic E-state index is 12.4. The fourth-order valence-corrected chi connectivity index (χ4v) is 1.56. The Hall–Kier alpha value is -2.17. The Morgan fingerprint density at radius 2 is 2.05 bits per heavy atom. The van der Waals surface area contributed by atoms with Crippen LogP contribution in [0.2, 0.25) is 0 Å². The van der Waals surface area contributed by atoms with E-state index < -0.39 is 5.41 Å². The maximum absolute atomic E-state index is 12.4. The minimum absolute atomic E-state index is 0.190. The highest BCUT2D eigenvalue weighted by Crippen LogP contribution is 2.13. The zero-order valence-electron chi connectivity index (χ0n) is 12.2. The zero-order chi connectivity index (χ0) is 14.9. The van der Waals surface area contributed by atoms with Crippen molar-refractivity contribution in [2.24, 2.45) is 5.41 Å². The third-order valence-corrected chi connectivity index (χ3v) is 2.74. The minimum Gasteiger partial charge on any atom is -0.273 e. The molecular weight excluding hydrogens is 242 g/mol. The van der Waals surface area contributed by atoms with Crippen LogP contribution in [0.1, 0.15) is 28.0 Å². The van der Waals surface area contributed by atoms with Crippen LogP contribution in [0, 0.1) is 12.3 Å². The average molecular weight is 260 g/mol. The lowest BCUT2D eigenvalue weighted by atomic mass is 9.96. The lowest BCUT2D eigenvalue weighted by Crippen LogP contribution is -2.40. The Labute approximate surface area is 112 Å². The van der Waals surface area contributed by atoms with Gasteiger partial charge in [0.05, 0.1) is 10.9 Å². The summed E-state index contributed by atoms with van der Waals surface area (Å²) in [5.74, 6) is -0.0855. The van der Waals surface area contributed by atoms with E-state index in [0.717, 1.165) is 4.68 Å². The van der Waals surface area contributed by atoms with Crippen LogP contribution >= 0.6 is 0 Å². The fourth-order valence-electron chi connectivity index (χ4n) is 1.56. The molecule has 0 bridgehead atoms. The van der Waals surface area contributed by atoms with Gasteiger partial charge in [-0.25, -0.2) is 9.66 Å². The molecule has 0 fully saturated rings. The summed E-state index contributed by atoms with van der Waals surface area (Å²) in [4.78, 5) is 28.7. The lowest BCUT2D eigenvalue weighted by molar-refractivity contribution is -0.124. The fraction of sp³-hybridized carbons (Fsp3) is 0.357. The molecule has 1 aromatic carbocycles. The predicted octanol–water partition coefficient (Wildman–Crippen LogP) is 1.82. The van der Waals surface area contributed by atoms with E-state index in [2.05, 4.69) is 10.4 Å². The molecule has 0 spiro atoms. The number of rotatable bonds is 1. The van der Waals surface area contributed by atoms with E-state index in [-0.39, 0.29) is 24.2 Å². The Morgan fingerprint density at radius 3 is 2.68 bits per heavy atom. The Morgan fingerprint density at radius 1 is 1.37 bits per heavy atom. The molecule has 0 aliphatic heterocycles. The predicted molar refractivity (Wildman–Crippen MR) is 74.6 cm³/mol. The van der Waals surface area contributed by atoms with Crippen LogP contribution in [0.5, 0.6) is 0 Å². The average Bonchev–Trinajstić information content (AvgIpc) is 2.40. The SMILES string of the molecule is [2H]Cc1nc2ccccc2c(=O)n1NC(=O)C(C)(C)C. The van der Waals surface area contributed by atoms with Crippen molar-refractivity contribution in [3.63, 3.8) is 0 Å². The van der Waals surface area contributed by atoms with Crippen LogP contribution < -0.4 is 11.0 Å². The van der Waals surface area contributed by atoms with E-state index in [1.54, 1.807) is 45.0 Å². The van der Waals surface area contributed by atoms with Crippen molar-refractivity contribution >= 4 is 16.8 Å². The molecule has 2 rings (SSSR count). The van der Waals surface area contributed by atoms with E-state index in [1.165, 1.54) is 0 Å². The van der Waals surface area contributed by atoms with Crippen LogP contribution in [0.3, 0.4) is 0 Å². The second kappa shape index (κ2) is 4.50. The van der Waals surface area contributed by atoms with Crippen LogP contribution in [-0.4, -0.2) is 15.6 Å². The molecule has 0 aliphatic rings. The number of carbonyl (C=O) groups is 1. The normalized spacial score (nSPS) is 12.3. The summed E-state index contributed by atoms with van der Waals surface area (Å²) in [6.07, 6.45) is 0. The number of nitrogens with zero attached hydrogens (tertiary/aromatic N) is 2. The third kappa shape index (κ3) is 2.50. The van der Waals surface area contributed by atoms with Crippen molar-refractivity contribution in [1.82, 2.24) is 9.66 Å². The molecule has 5 heteroatoms. The molecule has 19 heavy (non-hydrogen) atoms. The van der Waals surface area contributed by atoms with Gasteiger partial charge in [0.25, 0.3) is 5.56 Å². The number of fused-ring (bicyclic) bond motifs is 1. The molecule has 5 nitrogen and oxygen atoms in total. The molecule has 100 valence electrons. The minimum atomic E-state index is -0.635. The van der Waals surface area contributed by atoms with Crippen molar-refractivity contribution in [3.8, 4) is 0 Å². The summed E-state index contributed by atoms with van der Waals surface area (Å²) in [7, 11) is 0. The van der Waals surface area contributed by atoms with Gasteiger partial charge in [-0.1, -0.05) is 32.9 Å². The number of hydrogen-bond donors (Lipinski definition) is 1. The van der Waals surface area contributed by atoms with E-state index in [1.807, 2.05) is 0 Å². The number of hydrogen-bond acceptors (Lipinski definition) is 3. The molecule has 1 N–H and O–H groups in total. The molecule has 1 aromatic heterocycles. The summed E-state index contributed by atoms with van der Waals surface area (Å²) < 4.78 is 8.56. The van der Waals surface area contributed by atoms with Gasteiger partial charge in [-0.05, 0) is 19.0 Å². The maximum Gasteiger partial charge on any atom is 0.280 e. The molecule has 0 saturated heterocycles. The summed E-state index contributed by atoms with van der Waals surface area (Å²) >= 11 is 0. The number of benzene rings is 1. The van der Waals surface area contributed by atoms with E-state index in [4.69, 9.17) is 1.37 Å². The van der Waals surface area contributed by atoms with Gasteiger partial charge in [0.1, 0.15) is 5.82 Å². The highest BCUT2D eigenvalue weighted by molar-refractivity contribution is 5.88. The van der Waals surface area contributed by atoms with Crippen LogP contribution in [0.25, 0.3) is 10.9 Å². The Bertz CT molecular complexity index is 716. The molecule has 0 saturated carbocycles. The molecule has 0 unspecified atom stereocenters. The topological polar surface area (TPSA) is 64.0 Å². The molecule has 1 amide bonds. The van der Waals surface area contributed by atoms with Gasteiger partial charge in [-0.2, -0.15) is 0 Å². The van der Waals surface area contributed by atoms with Crippen LogP contribution in [0.4, 0.5) is 0 Å². The van der Waals surface area contributed by atoms with Crippen molar-refractivity contribution in [1.29, 1.82) is 0 Å². The summed E-state index contributed by atoms with van der Waals surface area (Å²) in [5.41, 5.74) is 2.07. The lowest BCUT2D eigenvalue weighted by Gasteiger charge is -2.19. The quantitative estimate of drug-likeness (QED) is 0.850. The molecule has 0 atom stereocenters. The van der Waals surface area contributed by atoms with Gasteiger partial charge in [-0.15, -0.1) is 0 Å².